The average Bonchev–Trinajstić information content (AvgIpc) is 2.71. The van der Waals surface area contributed by atoms with Crippen LogP contribution in [0.3, 0.4) is 0 Å². The van der Waals surface area contributed by atoms with E-state index in [1.807, 2.05) is 6.92 Å². The van der Waals surface area contributed by atoms with E-state index in [0.29, 0.717) is 21.8 Å². The summed E-state index contributed by atoms with van der Waals surface area (Å²) in [7, 11) is 0. The number of hydrogen-bond acceptors (Lipinski definition) is 3. The standard InChI is InChI=1S/C23H19ClFN3O2/c1-15-11-18(24)13-20(12-15)27-23(30)22(17-3-2-10-26-14-17)28-21(29)9-6-16-4-7-19(25)8-5-16/h2-14,22H,1H3,(H,27,30)(H,28,29)/b9-6+. The maximum absolute atomic E-state index is 13.0. The second-order valence-corrected chi connectivity index (χ2v) is 7.06. The van der Waals surface area contributed by atoms with Crippen molar-refractivity contribution in [1.29, 1.82) is 0 Å². The van der Waals surface area contributed by atoms with Gasteiger partial charge in [-0.25, -0.2) is 4.39 Å². The second kappa shape index (κ2) is 9.80. The molecular formula is C23H19ClFN3O2. The molecule has 2 amide bonds. The number of pyridine rings is 1. The van der Waals surface area contributed by atoms with Gasteiger partial charge in [-0.05, 0) is 60.5 Å². The zero-order chi connectivity index (χ0) is 21.5. The van der Waals surface area contributed by atoms with Gasteiger partial charge in [0.1, 0.15) is 11.9 Å². The smallest absolute Gasteiger partial charge is 0.251 e. The van der Waals surface area contributed by atoms with Crippen LogP contribution in [-0.4, -0.2) is 16.8 Å². The van der Waals surface area contributed by atoms with Gasteiger partial charge < -0.3 is 10.6 Å². The zero-order valence-electron chi connectivity index (χ0n) is 16.1. The summed E-state index contributed by atoms with van der Waals surface area (Å²) >= 11 is 6.06. The molecule has 3 aromatic rings. The Hall–Kier alpha value is -3.51. The second-order valence-electron chi connectivity index (χ2n) is 6.62. The summed E-state index contributed by atoms with van der Waals surface area (Å²) < 4.78 is 13.0. The first kappa shape index (κ1) is 21.2. The van der Waals surface area contributed by atoms with Crippen molar-refractivity contribution >= 4 is 35.2 Å². The Morgan fingerprint density at radius 1 is 1.13 bits per heavy atom. The number of rotatable bonds is 6. The van der Waals surface area contributed by atoms with Crippen LogP contribution in [-0.2, 0) is 9.59 Å². The molecule has 3 rings (SSSR count). The minimum absolute atomic E-state index is 0.360. The Labute approximate surface area is 178 Å². The van der Waals surface area contributed by atoms with E-state index in [1.54, 1.807) is 48.7 Å². The number of nitrogens with one attached hydrogen (secondary N) is 2. The molecule has 1 unspecified atom stereocenters. The third kappa shape index (κ3) is 5.99. The van der Waals surface area contributed by atoms with E-state index in [4.69, 9.17) is 11.6 Å². The van der Waals surface area contributed by atoms with Gasteiger partial charge in [0.2, 0.25) is 5.91 Å². The fourth-order valence-corrected chi connectivity index (χ4v) is 3.10. The maximum Gasteiger partial charge on any atom is 0.251 e. The van der Waals surface area contributed by atoms with E-state index in [0.717, 1.165) is 5.56 Å². The van der Waals surface area contributed by atoms with Crippen LogP contribution in [0, 0.1) is 12.7 Å². The van der Waals surface area contributed by atoms with E-state index in [1.165, 1.54) is 30.5 Å². The normalized spacial score (nSPS) is 11.8. The SMILES string of the molecule is Cc1cc(Cl)cc(NC(=O)C(NC(=O)/C=C/c2ccc(F)cc2)c2cccnc2)c1. The van der Waals surface area contributed by atoms with Gasteiger partial charge in [-0.3, -0.25) is 14.6 Å². The van der Waals surface area contributed by atoms with Crippen LogP contribution in [0.5, 0.6) is 0 Å². The highest BCUT2D eigenvalue weighted by molar-refractivity contribution is 6.31. The Morgan fingerprint density at radius 3 is 2.57 bits per heavy atom. The highest BCUT2D eigenvalue weighted by Gasteiger charge is 2.22. The molecule has 2 aromatic carbocycles. The molecule has 0 radical (unpaired) electrons. The third-order valence-corrected chi connectivity index (χ3v) is 4.39. The lowest BCUT2D eigenvalue weighted by Crippen LogP contribution is -2.36. The molecule has 0 saturated carbocycles. The van der Waals surface area contributed by atoms with Gasteiger partial charge in [-0.2, -0.15) is 0 Å². The lowest BCUT2D eigenvalue weighted by molar-refractivity contribution is -0.124. The molecule has 0 fully saturated rings. The Balaban J connectivity index is 1.77. The van der Waals surface area contributed by atoms with Crippen molar-refractivity contribution in [2.45, 2.75) is 13.0 Å². The number of carbonyl (C=O) groups excluding carboxylic acids is 2. The van der Waals surface area contributed by atoms with E-state index >= 15 is 0 Å². The number of amides is 2. The number of aromatic nitrogens is 1. The Bertz CT molecular complexity index is 1050. The summed E-state index contributed by atoms with van der Waals surface area (Å²) in [6.45, 7) is 1.86. The predicted molar refractivity (Wildman–Crippen MR) is 115 cm³/mol. The lowest BCUT2D eigenvalue weighted by Gasteiger charge is -2.18. The summed E-state index contributed by atoms with van der Waals surface area (Å²) in [5.74, 6) is -1.28. The van der Waals surface area contributed by atoms with Gasteiger partial charge in [0.25, 0.3) is 5.91 Å². The van der Waals surface area contributed by atoms with Crippen molar-refractivity contribution in [2.75, 3.05) is 5.32 Å². The largest absolute Gasteiger partial charge is 0.337 e. The van der Waals surface area contributed by atoms with Crippen LogP contribution in [0.15, 0.2) is 73.1 Å². The first-order valence-electron chi connectivity index (χ1n) is 9.13. The van der Waals surface area contributed by atoms with Crippen LogP contribution in [0.4, 0.5) is 10.1 Å². The van der Waals surface area contributed by atoms with Crippen molar-refractivity contribution in [3.63, 3.8) is 0 Å². The van der Waals surface area contributed by atoms with Crippen molar-refractivity contribution in [3.05, 3.63) is 101 Å². The Kier molecular flexibility index (Phi) is 6.93. The fourth-order valence-electron chi connectivity index (χ4n) is 2.81. The number of benzene rings is 2. The lowest BCUT2D eigenvalue weighted by atomic mass is 10.1. The highest BCUT2D eigenvalue weighted by atomic mass is 35.5. The van der Waals surface area contributed by atoms with Crippen LogP contribution in [0.2, 0.25) is 5.02 Å². The first-order chi connectivity index (χ1) is 14.4. The molecule has 2 N–H and O–H groups in total. The average molecular weight is 424 g/mol. The van der Waals surface area contributed by atoms with E-state index in [2.05, 4.69) is 15.6 Å². The molecule has 1 aromatic heterocycles. The summed E-state index contributed by atoms with van der Waals surface area (Å²) in [4.78, 5) is 29.4. The molecule has 0 aliphatic carbocycles. The van der Waals surface area contributed by atoms with Crippen LogP contribution >= 0.6 is 11.6 Å². The van der Waals surface area contributed by atoms with Gasteiger partial charge >= 0.3 is 0 Å². The predicted octanol–water partition coefficient (Wildman–Crippen LogP) is 4.69. The molecule has 0 aliphatic rings. The topological polar surface area (TPSA) is 71.1 Å². The summed E-state index contributed by atoms with van der Waals surface area (Å²) in [5.41, 5.74) is 2.60. The molecule has 152 valence electrons. The number of anilines is 1. The van der Waals surface area contributed by atoms with E-state index < -0.39 is 17.9 Å². The summed E-state index contributed by atoms with van der Waals surface area (Å²) in [6.07, 6.45) is 5.91. The molecular weight excluding hydrogens is 405 g/mol. The first-order valence-corrected chi connectivity index (χ1v) is 9.50. The summed E-state index contributed by atoms with van der Waals surface area (Å²) in [6, 6.07) is 13.3. The van der Waals surface area contributed by atoms with E-state index in [9.17, 15) is 14.0 Å². The number of carbonyl (C=O) groups is 2. The zero-order valence-corrected chi connectivity index (χ0v) is 16.9. The van der Waals surface area contributed by atoms with Gasteiger partial charge in [-0.1, -0.05) is 29.8 Å². The van der Waals surface area contributed by atoms with Crippen molar-refractivity contribution in [3.8, 4) is 0 Å². The maximum atomic E-state index is 13.0. The van der Waals surface area contributed by atoms with Crippen molar-refractivity contribution in [2.24, 2.45) is 0 Å². The summed E-state index contributed by atoms with van der Waals surface area (Å²) in [5, 5.41) is 5.95. The van der Waals surface area contributed by atoms with E-state index in [-0.39, 0.29) is 5.82 Å². The quantitative estimate of drug-likeness (QED) is 0.565. The number of nitrogens with zero attached hydrogens (tertiary/aromatic N) is 1. The van der Waals surface area contributed by atoms with Crippen LogP contribution < -0.4 is 10.6 Å². The molecule has 1 atom stereocenters. The molecule has 0 bridgehead atoms. The van der Waals surface area contributed by atoms with Crippen molar-refractivity contribution < 1.29 is 14.0 Å². The molecule has 0 saturated heterocycles. The van der Waals surface area contributed by atoms with Gasteiger partial charge in [0, 0.05) is 34.7 Å². The molecule has 0 aliphatic heterocycles. The molecule has 5 nitrogen and oxygen atoms in total. The van der Waals surface area contributed by atoms with Crippen LogP contribution in [0.1, 0.15) is 22.7 Å². The fraction of sp³-hybridized carbons (Fsp3) is 0.0870. The Morgan fingerprint density at radius 2 is 1.90 bits per heavy atom. The molecule has 1 heterocycles. The monoisotopic (exact) mass is 423 g/mol. The van der Waals surface area contributed by atoms with Gasteiger partial charge in [0.15, 0.2) is 0 Å². The number of aryl methyl sites for hydroxylation is 1. The molecule has 0 spiro atoms. The number of hydrogen-bond donors (Lipinski definition) is 2. The minimum atomic E-state index is -0.969. The minimum Gasteiger partial charge on any atom is -0.337 e. The van der Waals surface area contributed by atoms with Crippen molar-refractivity contribution in [1.82, 2.24) is 10.3 Å². The number of halogens is 2. The molecule has 30 heavy (non-hydrogen) atoms. The molecule has 7 heteroatoms. The third-order valence-electron chi connectivity index (χ3n) is 4.17. The highest BCUT2D eigenvalue weighted by Crippen LogP contribution is 2.21. The van der Waals surface area contributed by atoms with Gasteiger partial charge in [-0.15, -0.1) is 0 Å². The van der Waals surface area contributed by atoms with Crippen LogP contribution in [0.25, 0.3) is 6.08 Å². The van der Waals surface area contributed by atoms with Gasteiger partial charge in [0.05, 0.1) is 0 Å².